The Morgan fingerprint density at radius 2 is 2.10 bits per heavy atom. The molecule has 3 unspecified atom stereocenters. The monoisotopic (exact) mass is 288 g/mol. The summed E-state index contributed by atoms with van der Waals surface area (Å²) >= 11 is 0. The molecule has 0 radical (unpaired) electrons. The van der Waals surface area contributed by atoms with Crippen molar-refractivity contribution in [3.63, 3.8) is 0 Å². The fourth-order valence-electron chi connectivity index (χ4n) is 3.68. The molecule has 3 rings (SSSR count). The highest BCUT2D eigenvalue weighted by Crippen LogP contribution is 2.31. The highest BCUT2D eigenvalue weighted by atomic mass is 16.5. The molecular formula is C17H24N2O2. The van der Waals surface area contributed by atoms with Crippen LogP contribution in [0.25, 0.3) is 0 Å². The molecule has 1 heterocycles. The van der Waals surface area contributed by atoms with Crippen molar-refractivity contribution in [3.8, 4) is 5.75 Å². The zero-order valence-electron chi connectivity index (χ0n) is 12.6. The van der Waals surface area contributed by atoms with Crippen molar-refractivity contribution in [1.82, 2.24) is 4.90 Å². The van der Waals surface area contributed by atoms with Crippen LogP contribution >= 0.6 is 0 Å². The van der Waals surface area contributed by atoms with Crippen LogP contribution in [0.15, 0.2) is 24.3 Å². The van der Waals surface area contributed by atoms with E-state index in [1.165, 1.54) is 12.8 Å². The van der Waals surface area contributed by atoms with E-state index in [4.69, 9.17) is 10.5 Å². The molecule has 0 bridgehead atoms. The number of fused-ring (bicyclic) bond motifs is 1. The third-order valence-electron chi connectivity index (χ3n) is 4.94. The molecule has 1 amide bonds. The zero-order valence-corrected chi connectivity index (χ0v) is 12.6. The first-order valence-electron chi connectivity index (χ1n) is 7.92. The minimum absolute atomic E-state index is 0.0940. The van der Waals surface area contributed by atoms with Crippen LogP contribution in [-0.2, 0) is 11.2 Å². The Hall–Kier alpha value is -1.55. The Morgan fingerprint density at radius 1 is 1.33 bits per heavy atom. The third-order valence-corrected chi connectivity index (χ3v) is 4.94. The SMILES string of the molecule is CN(C(=O)C1Cc2ccccc2O1)C1CCCCC1CN. The van der Waals surface area contributed by atoms with Crippen molar-refractivity contribution in [3.05, 3.63) is 29.8 Å². The maximum absolute atomic E-state index is 12.7. The topological polar surface area (TPSA) is 55.6 Å². The van der Waals surface area contributed by atoms with Gasteiger partial charge in [0.25, 0.3) is 5.91 Å². The lowest BCUT2D eigenvalue weighted by atomic mass is 9.83. The quantitative estimate of drug-likeness (QED) is 0.925. The van der Waals surface area contributed by atoms with Crippen LogP contribution in [0, 0.1) is 5.92 Å². The maximum Gasteiger partial charge on any atom is 0.263 e. The van der Waals surface area contributed by atoms with Gasteiger partial charge in [0.1, 0.15) is 5.75 Å². The molecule has 1 aliphatic carbocycles. The van der Waals surface area contributed by atoms with Gasteiger partial charge in [0.15, 0.2) is 6.10 Å². The average Bonchev–Trinajstić information content (AvgIpc) is 2.97. The molecule has 2 aliphatic rings. The lowest BCUT2D eigenvalue weighted by molar-refractivity contribution is -0.140. The van der Waals surface area contributed by atoms with Gasteiger partial charge >= 0.3 is 0 Å². The summed E-state index contributed by atoms with van der Waals surface area (Å²) in [5, 5.41) is 0. The van der Waals surface area contributed by atoms with E-state index in [2.05, 4.69) is 0 Å². The highest BCUT2D eigenvalue weighted by molar-refractivity contribution is 5.82. The molecule has 0 spiro atoms. The number of hydrogen-bond acceptors (Lipinski definition) is 3. The van der Waals surface area contributed by atoms with Gasteiger partial charge < -0.3 is 15.4 Å². The van der Waals surface area contributed by atoms with E-state index in [1.54, 1.807) is 0 Å². The van der Waals surface area contributed by atoms with Gasteiger partial charge in [0.2, 0.25) is 0 Å². The summed E-state index contributed by atoms with van der Waals surface area (Å²) in [5.74, 6) is 1.37. The van der Waals surface area contributed by atoms with Crippen LogP contribution in [0.5, 0.6) is 5.75 Å². The number of likely N-dealkylation sites (N-methyl/N-ethyl adjacent to an activating group) is 1. The van der Waals surface area contributed by atoms with Crippen molar-refractivity contribution in [1.29, 1.82) is 0 Å². The van der Waals surface area contributed by atoms with Crippen LogP contribution in [0.2, 0.25) is 0 Å². The van der Waals surface area contributed by atoms with Crippen molar-refractivity contribution in [2.75, 3.05) is 13.6 Å². The van der Waals surface area contributed by atoms with Crippen LogP contribution in [0.4, 0.5) is 0 Å². The van der Waals surface area contributed by atoms with Gasteiger partial charge in [-0.1, -0.05) is 31.0 Å². The minimum Gasteiger partial charge on any atom is -0.480 e. The molecule has 1 aliphatic heterocycles. The fraction of sp³-hybridized carbons (Fsp3) is 0.588. The summed E-state index contributed by atoms with van der Waals surface area (Å²) in [4.78, 5) is 14.6. The first-order chi connectivity index (χ1) is 10.2. The number of rotatable bonds is 3. The van der Waals surface area contributed by atoms with Gasteiger partial charge in [0.05, 0.1) is 0 Å². The number of carbonyl (C=O) groups is 1. The van der Waals surface area contributed by atoms with Crippen molar-refractivity contribution in [2.24, 2.45) is 11.7 Å². The predicted molar refractivity (Wildman–Crippen MR) is 82.1 cm³/mol. The smallest absolute Gasteiger partial charge is 0.263 e. The van der Waals surface area contributed by atoms with E-state index >= 15 is 0 Å². The van der Waals surface area contributed by atoms with Crippen molar-refractivity contribution in [2.45, 2.75) is 44.2 Å². The van der Waals surface area contributed by atoms with Gasteiger partial charge in [-0.15, -0.1) is 0 Å². The molecule has 3 atom stereocenters. The zero-order chi connectivity index (χ0) is 14.8. The van der Waals surface area contributed by atoms with Crippen molar-refractivity contribution < 1.29 is 9.53 Å². The lowest BCUT2D eigenvalue weighted by Crippen LogP contribution is -2.50. The molecular weight excluding hydrogens is 264 g/mol. The largest absolute Gasteiger partial charge is 0.480 e. The van der Waals surface area contributed by atoms with Crippen LogP contribution < -0.4 is 10.5 Å². The molecule has 21 heavy (non-hydrogen) atoms. The summed E-state index contributed by atoms with van der Waals surface area (Å²) in [7, 11) is 1.91. The van der Waals surface area contributed by atoms with E-state index in [0.717, 1.165) is 24.2 Å². The normalized spacial score (nSPS) is 27.8. The molecule has 0 aromatic heterocycles. The van der Waals surface area contributed by atoms with Gasteiger partial charge in [-0.25, -0.2) is 0 Å². The first kappa shape index (κ1) is 14.4. The molecule has 114 valence electrons. The number of benzene rings is 1. The van der Waals surface area contributed by atoms with Gasteiger partial charge in [-0.2, -0.15) is 0 Å². The Morgan fingerprint density at radius 3 is 2.86 bits per heavy atom. The summed E-state index contributed by atoms with van der Waals surface area (Å²) in [6, 6.07) is 8.17. The number of hydrogen-bond donors (Lipinski definition) is 1. The summed E-state index contributed by atoms with van der Waals surface area (Å²) in [6.07, 6.45) is 4.91. The Balaban J connectivity index is 1.68. The number of para-hydroxylation sites is 1. The lowest BCUT2D eigenvalue weighted by Gasteiger charge is -2.38. The molecule has 4 heteroatoms. The number of carbonyl (C=O) groups excluding carboxylic acids is 1. The van der Waals surface area contributed by atoms with E-state index < -0.39 is 0 Å². The molecule has 4 nitrogen and oxygen atoms in total. The predicted octanol–water partition coefficient (Wildman–Crippen LogP) is 1.97. The summed E-state index contributed by atoms with van der Waals surface area (Å²) < 4.78 is 5.83. The Labute approximate surface area is 126 Å². The summed E-state index contributed by atoms with van der Waals surface area (Å²) in [5.41, 5.74) is 7.01. The number of ether oxygens (including phenoxy) is 1. The second-order valence-corrected chi connectivity index (χ2v) is 6.22. The Bertz CT molecular complexity index is 492. The van der Waals surface area contributed by atoms with E-state index in [9.17, 15) is 4.79 Å². The van der Waals surface area contributed by atoms with Gasteiger partial charge in [-0.05, 0) is 36.9 Å². The maximum atomic E-state index is 12.7. The van der Waals surface area contributed by atoms with Gasteiger partial charge in [-0.3, -0.25) is 4.79 Å². The van der Waals surface area contributed by atoms with Crippen LogP contribution in [-0.4, -0.2) is 36.5 Å². The molecule has 1 saturated carbocycles. The van der Waals surface area contributed by atoms with Gasteiger partial charge in [0, 0.05) is 19.5 Å². The molecule has 2 N–H and O–H groups in total. The standard InChI is InChI=1S/C17H24N2O2/c1-19(14-8-4-2-7-13(14)11-18)17(20)16-10-12-6-3-5-9-15(12)21-16/h3,5-6,9,13-14,16H,2,4,7-8,10-11,18H2,1H3. The number of amides is 1. The average molecular weight is 288 g/mol. The highest BCUT2D eigenvalue weighted by Gasteiger charge is 2.36. The van der Waals surface area contributed by atoms with Crippen LogP contribution in [0.1, 0.15) is 31.2 Å². The second kappa shape index (κ2) is 6.06. The second-order valence-electron chi connectivity index (χ2n) is 6.22. The number of nitrogens with two attached hydrogens (primary N) is 1. The van der Waals surface area contributed by atoms with E-state index in [-0.39, 0.29) is 18.1 Å². The Kier molecular flexibility index (Phi) is 4.15. The molecule has 1 fully saturated rings. The fourth-order valence-corrected chi connectivity index (χ4v) is 3.68. The molecule has 0 saturated heterocycles. The minimum atomic E-state index is -0.368. The molecule has 1 aromatic carbocycles. The first-order valence-corrected chi connectivity index (χ1v) is 7.92. The van der Waals surface area contributed by atoms with Crippen LogP contribution in [0.3, 0.4) is 0 Å². The summed E-state index contributed by atoms with van der Waals surface area (Å²) in [6.45, 7) is 0.661. The number of nitrogens with zero attached hydrogens (tertiary/aromatic N) is 1. The van der Waals surface area contributed by atoms with E-state index in [0.29, 0.717) is 18.9 Å². The van der Waals surface area contributed by atoms with E-state index in [1.807, 2.05) is 36.2 Å². The third kappa shape index (κ3) is 2.77. The molecule has 1 aromatic rings. The van der Waals surface area contributed by atoms with Crippen molar-refractivity contribution >= 4 is 5.91 Å².